The van der Waals surface area contributed by atoms with Crippen LogP contribution in [-0.2, 0) is 0 Å². The van der Waals surface area contributed by atoms with Crippen LogP contribution in [0.2, 0.25) is 5.02 Å². The molecule has 0 spiro atoms. The van der Waals surface area contributed by atoms with Crippen molar-refractivity contribution in [2.24, 2.45) is 0 Å². The van der Waals surface area contributed by atoms with Gasteiger partial charge in [-0.25, -0.2) is 0 Å². The molecule has 0 N–H and O–H groups in total. The summed E-state index contributed by atoms with van der Waals surface area (Å²) < 4.78 is 0. The van der Waals surface area contributed by atoms with E-state index >= 15 is 0 Å². The Morgan fingerprint density at radius 3 is 2.53 bits per heavy atom. The SMILES string of the molecule is Cc1cc(Cl)c(C(=O)N2CCCCCC2)cn1. The number of halogens is 1. The lowest BCUT2D eigenvalue weighted by atomic mass is 10.2. The van der Waals surface area contributed by atoms with Crippen LogP contribution in [0.1, 0.15) is 41.7 Å². The summed E-state index contributed by atoms with van der Waals surface area (Å²) in [5.41, 5.74) is 1.36. The van der Waals surface area contributed by atoms with Crippen LogP contribution in [0.5, 0.6) is 0 Å². The molecule has 1 saturated heterocycles. The zero-order valence-electron chi connectivity index (χ0n) is 10.1. The van der Waals surface area contributed by atoms with Crippen LogP contribution in [0.3, 0.4) is 0 Å². The van der Waals surface area contributed by atoms with Gasteiger partial charge in [0.1, 0.15) is 0 Å². The number of pyridine rings is 1. The topological polar surface area (TPSA) is 33.2 Å². The zero-order valence-corrected chi connectivity index (χ0v) is 10.8. The number of nitrogens with zero attached hydrogens (tertiary/aromatic N) is 2. The number of carbonyl (C=O) groups is 1. The van der Waals surface area contributed by atoms with Gasteiger partial charge in [-0.2, -0.15) is 0 Å². The monoisotopic (exact) mass is 252 g/mol. The molecule has 1 aromatic rings. The van der Waals surface area contributed by atoms with Crippen molar-refractivity contribution < 1.29 is 4.79 Å². The molecule has 0 saturated carbocycles. The normalized spacial score (nSPS) is 16.7. The molecule has 3 nitrogen and oxygen atoms in total. The highest BCUT2D eigenvalue weighted by Gasteiger charge is 2.19. The number of aromatic nitrogens is 1. The summed E-state index contributed by atoms with van der Waals surface area (Å²) in [5.74, 6) is 0.0180. The summed E-state index contributed by atoms with van der Waals surface area (Å²) in [5, 5.41) is 0.506. The Labute approximate surface area is 107 Å². The average molecular weight is 253 g/mol. The number of rotatable bonds is 1. The standard InChI is InChI=1S/C13H17ClN2O/c1-10-8-12(14)11(9-15-10)13(17)16-6-4-2-3-5-7-16/h8-9H,2-7H2,1H3. The van der Waals surface area contributed by atoms with Crippen LogP contribution in [0.4, 0.5) is 0 Å². The Hall–Kier alpha value is -1.09. The first-order valence-electron chi connectivity index (χ1n) is 6.10. The lowest BCUT2D eigenvalue weighted by Crippen LogP contribution is -2.32. The van der Waals surface area contributed by atoms with Crippen LogP contribution in [0.25, 0.3) is 0 Å². The molecular formula is C13H17ClN2O. The second-order valence-corrected chi connectivity index (χ2v) is 4.92. The number of carbonyl (C=O) groups excluding carboxylic acids is 1. The molecule has 0 bridgehead atoms. The molecule has 1 aromatic heterocycles. The number of aryl methyl sites for hydroxylation is 1. The first kappa shape index (κ1) is 12.4. The Morgan fingerprint density at radius 1 is 1.29 bits per heavy atom. The van der Waals surface area contributed by atoms with Crippen molar-refractivity contribution >= 4 is 17.5 Å². The quantitative estimate of drug-likeness (QED) is 0.770. The first-order chi connectivity index (χ1) is 8.18. The highest BCUT2D eigenvalue weighted by atomic mass is 35.5. The molecule has 2 heterocycles. The molecule has 1 fully saturated rings. The van der Waals surface area contributed by atoms with Crippen LogP contribution in [0.15, 0.2) is 12.3 Å². The van der Waals surface area contributed by atoms with Gasteiger partial charge in [-0.05, 0) is 25.8 Å². The summed E-state index contributed by atoms with van der Waals surface area (Å²) in [7, 11) is 0. The van der Waals surface area contributed by atoms with Crippen molar-refractivity contribution in [2.45, 2.75) is 32.6 Å². The molecular weight excluding hydrogens is 236 g/mol. The Bertz CT molecular complexity index is 412. The van der Waals surface area contributed by atoms with E-state index in [1.807, 2.05) is 11.8 Å². The van der Waals surface area contributed by atoms with Gasteiger partial charge in [0.05, 0.1) is 10.6 Å². The highest BCUT2D eigenvalue weighted by molar-refractivity contribution is 6.33. The van der Waals surface area contributed by atoms with Crippen molar-refractivity contribution in [2.75, 3.05) is 13.1 Å². The van der Waals surface area contributed by atoms with E-state index < -0.39 is 0 Å². The van der Waals surface area contributed by atoms with E-state index in [2.05, 4.69) is 4.98 Å². The van der Waals surface area contributed by atoms with Gasteiger partial charge in [0, 0.05) is 25.0 Å². The summed E-state index contributed by atoms with van der Waals surface area (Å²) in [6, 6.07) is 1.74. The number of amides is 1. The van der Waals surface area contributed by atoms with E-state index in [1.165, 1.54) is 12.8 Å². The number of hydrogen-bond acceptors (Lipinski definition) is 2. The number of likely N-dealkylation sites (tertiary alicyclic amines) is 1. The molecule has 0 radical (unpaired) electrons. The fourth-order valence-electron chi connectivity index (χ4n) is 2.13. The van der Waals surface area contributed by atoms with Gasteiger partial charge in [-0.1, -0.05) is 24.4 Å². The first-order valence-corrected chi connectivity index (χ1v) is 6.47. The minimum absolute atomic E-state index is 0.0180. The van der Waals surface area contributed by atoms with Gasteiger partial charge in [0.15, 0.2) is 0 Å². The molecule has 1 aliphatic rings. The predicted molar refractivity (Wildman–Crippen MR) is 68.4 cm³/mol. The molecule has 1 amide bonds. The van der Waals surface area contributed by atoms with Gasteiger partial charge in [-0.15, -0.1) is 0 Å². The molecule has 17 heavy (non-hydrogen) atoms. The second-order valence-electron chi connectivity index (χ2n) is 4.51. The Balaban J connectivity index is 2.17. The van der Waals surface area contributed by atoms with Crippen LogP contribution in [0, 0.1) is 6.92 Å². The van der Waals surface area contributed by atoms with E-state index in [4.69, 9.17) is 11.6 Å². The fraction of sp³-hybridized carbons (Fsp3) is 0.538. The Morgan fingerprint density at radius 2 is 1.94 bits per heavy atom. The smallest absolute Gasteiger partial charge is 0.256 e. The summed E-state index contributed by atoms with van der Waals surface area (Å²) in [6.07, 6.45) is 6.18. The van der Waals surface area contributed by atoms with Crippen LogP contribution >= 0.6 is 11.6 Å². The van der Waals surface area contributed by atoms with Crippen LogP contribution < -0.4 is 0 Å². The third kappa shape index (κ3) is 2.97. The minimum Gasteiger partial charge on any atom is -0.339 e. The molecule has 0 aliphatic carbocycles. The lowest BCUT2D eigenvalue weighted by molar-refractivity contribution is 0.0761. The molecule has 1 aliphatic heterocycles. The third-order valence-electron chi connectivity index (χ3n) is 3.11. The van der Waals surface area contributed by atoms with Crippen molar-refractivity contribution in [1.82, 2.24) is 9.88 Å². The zero-order chi connectivity index (χ0) is 12.3. The van der Waals surface area contributed by atoms with Gasteiger partial charge < -0.3 is 4.90 Å². The van der Waals surface area contributed by atoms with Crippen LogP contribution in [-0.4, -0.2) is 28.9 Å². The van der Waals surface area contributed by atoms with E-state index in [1.54, 1.807) is 12.3 Å². The van der Waals surface area contributed by atoms with Crippen molar-refractivity contribution in [1.29, 1.82) is 0 Å². The second kappa shape index (κ2) is 5.50. The molecule has 0 aromatic carbocycles. The summed E-state index contributed by atoms with van der Waals surface area (Å²) >= 11 is 6.10. The van der Waals surface area contributed by atoms with E-state index in [0.29, 0.717) is 10.6 Å². The highest BCUT2D eigenvalue weighted by Crippen LogP contribution is 2.19. The average Bonchev–Trinajstić information content (AvgIpc) is 2.56. The molecule has 0 atom stereocenters. The largest absolute Gasteiger partial charge is 0.339 e. The maximum Gasteiger partial charge on any atom is 0.256 e. The van der Waals surface area contributed by atoms with E-state index in [-0.39, 0.29) is 5.91 Å². The maximum absolute atomic E-state index is 12.3. The predicted octanol–water partition coefficient (Wildman–Crippen LogP) is 3.06. The molecule has 4 heteroatoms. The fourth-order valence-corrected chi connectivity index (χ4v) is 2.42. The van der Waals surface area contributed by atoms with Gasteiger partial charge in [0.25, 0.3) is 5.91 Å². The van der Waals surface area contributed by atoms with Gasteiger partial charge >= 0.3 is 0 Å². The molecule has 2 rings (SSSR count). The number of hydrogen-bond donors (Lipinski definition) is 0. The summed E-state index contributed by atoms with van der Waals surface area (Å²) in [4.78, 5) is 18.3. The van der Waals surface area contributed by atoms with Gasteiger partial charge in [-0.3, -0.25) is 9.78 Å². The van der Waals surface area contributed by atoms with E-state index in [9.17, 15) is 4.79 Å². The molecule has 92 valence electrons. The third-order valence-corrected chi connectivity index (χ3v) is 3.43. The summed E-state index contributed by atoms with van der Waals surface area (Å²) in [6.45, 7) is 3.54. The maximum atomic E-state index is 12.3. The van der Waals surface area contributed by atoms with Crippen molar-refractivity contribution in [3.8, 4) is 0 Å². The van der Waals surface area contributed by atoms with Crippen molar-refractivity contribution in [3.05, 3.63) is 28.5 Å². The van der Waals surface area contributed by atoms with E-state index in [0.717, 1.165) is 31.6 Å². The minimum atomic E-state index is 0.0180. The van der Waals surface area contributed by atoms with Crippen molar-refractivity contribution in [3.63, 3.8) is 0 Å². The van der Waals surface area contributed by atoms with Gasteiger partial charge in [0.2, 0.25) is 0 Å². The lowest BCUT2D eigenvalue weighted by Gasteiger charge is -2.20. The Kier molecular flexibility index (Phi) is 4.00. The molecule has 0 unspecified atom stereocenters.